The van der Waals surface area contributed by atoms with Gasteiger partial charge in [0.05, 0.1) is 13.7 Å². The summed E-state index contributed by atoms with van der Waals surface area (Å²) in [6.45, 7) is -0.273. The van der Waals surface area contributed by atoms with Crippen molar-refractivity contribution in [2.45, 2.75) is 24.8 Å². The van der Waals surface area contributed by atoms with Crippen LogP contribution in [0.25, 0.3) is 0 Å². The number of methoxy groups -OCH3 is 1. The fourth-order valence-electron chi connectivity index (χ4n) is 2.26. The van der Waals surface area contributed by atoms with Gasteiger partial charge in [-0.25, -0.2) is 4.79 Å². The first-order chi connectivity index (χ1) is 10.5. The molecule has 0 spiro atoms. The van der Waals surface area contributed by atoms with E-state index in [-0.39, 0.29) is 6.54 Å². The summed E-state index contributed by atoms with van der Waals surface area (Å²) in [5.74, 6) is -1.44. The van der Waals surface area contributed by atoms with Gasteiger partial charge in [0.15, 0.2) is 0 Å². The van der Waals surface area contributed by atoms with Crippen molar-refractivity contribution in [1.29, 1.82) is 0 Å². The molecule has 0 unspecified atom stereocenters. The fourth-order valence-corrected chi connectivity index (χ4v) is 2.26. The van der Waals surface area contributed by atoms with E-state index < -0.39 is 23.3 Å². The number of benzene rings is 1. The number of carboxylic acid groups (broad SMARTS) is 1. The Labute approximate surface area is 127 Å². The van der Waals surface area contributed by atoms with Gasteiger partial charge in [0.25, 0.3) is 5.91 Å². The average molecular weight is 306 g/mol. The highest BCUT2D eigenvalue weighted by molar-refractivity contribution is 5.97. The maximum atomic E-state index is 11.9. The van der Waals surface area contributed by atoms with Gasteiger partial charge in [-0.1, -0.05) is 6.07 Å². The highest BCUT2D eigenvalue weighted by atomic mass is 16.5. The first-order valence-electron chi connectivity index (χ1n) is 6.93. The van der Waals surface area contributed by atoms with Crippen molar-refractivity contribution in [2.24, 2.45) is 0 Å². The molecule has 1 fully saturated rings. The van der Waals surface area contributed by atoms with E-state index in [1.54, 1.807) is 24.3 Å². The van der Waals surface area contributed by atoms with E-state index >= 15 is 0 Å². The van der Waals surface area contributed by atoms with Gasteiger partial charge in [0.2, 0.25) is 5.91 Å². The van der Waals surface area contributed by atoms with E-state index in [0.717, 1.165) is 6.42 Å². The molecular weight excluding hydrogens is 288 g/mol. The molecule has 1 saturated carbocycles. The lowest BCUT2D eigenvalue weighted by Gasteiger charge is -2.38. The van der Waals surface area contributed by atoms with Crippen molar-refractivity contribution < 1.29 is 24.2 Å². The van der Waals surface area contributed by atoms with Gasteiger partial charge >= 0.3 is 5.97 Å². The fraction of sp³-hybridized carbons (Fsp3) is 0.400. The van der Waals surface area contributed by atoms with Crippen molar-refractivity contribution >= 4 is 17.8 Å². The number of aliphatic carboxylic acids is 1. The van der Waals surface area contributed by atoms with Crippen LogP contribution in [0.2, 0.25) is 0 Å². The van der Waals surface area contributed by atoms with E-state index in [4.69, 9.17) is 9.84 Å². The summed E-state index contributed by atoms with van der Waals surface area (Å²) in [7, 11) is 1.49. The highest BCUT2D eigenvalue weighted by Crippen LogP contribution is 2.31. The molecular formula is C15H18N2O5. The molecule has 2 rings (SSSR count). The molecule has 0 aromatic heterocycles. The third-order valence-electron chi connectivity index (χ3n) is 3.74. The predicted octanol–water partition coefficient (Wildman–Crippen LogP) is 0.548. The summed E-state index contributed by atoms with van der Waals surface area (Å²) >= 11 is 0. The van der Waals surface area contributed by atoms with Crippen LogP contribution in [-0.4, -0.2) is 42.1 Å². The second-order valence-electron chi connectivity index (χ2n) is 5.20. The van der Waals surface area contributed by atoms with Crippen molar-refractivity contribution in [3.05, 3.63) is 29.8 Å². The summed E-state index contributed by atoms with van der Waals surface area (Å²) < 4.78 is 5.02. The Morgan fingerprint density at radius 2 is 2.05 bits per heavy atom. The molecule has 22 heavy (non-hydrogen) atoms. The largest absolute Gasteiger partial charge is 0.497 e. The Hall–Kier alpha value is -2.57. The lowest BCUT2D eigenvalue weighted by atomic mass is 9.77. The van der Waals surface area contributed by atoms with Crippen LogP contribution in [0.15, 0.2) is 24.3 Å². The third-order valence-corrected chi connectivity index (χ3v) is 3.74. The predicted molar refractivity (Wildman–Crippen MR) is 77.7 cm³/mol. The molecule has 0 heterocycles. The Balaban J connectivity index is 1.88. The van der Waals surface area contributed by atoms with Crippen LogP contribution in [0.4, 0.5) is 0 Å². The van der Waals surface area contributed by atoms with Gasteiger partial charge in [-0.2, -0.15) is 0 Å². The van der Waals surface area contributed by atoms with E-state index in [2.05, 4.69) is 10.6 Å². The molecule has 0 atom stereocenters. The number of nitrogens with one attached hydrogen (secondary N) is 2. The molecule has 2 amide bonds. The number of hydrogen-bond acceptors (Lipinski definition) is 4. The summed E-state index contributed by atoms with van der Waals surface area (Å²) in [5, 5.41) is 14.1. The molecule has 0 radical (unpaired) electrons. The molecule has 118 valence electrons. The van der Waals surface area contributed by atoms with Gasteiger partial charge in [-0.3, -0.25) is 9.59 Å². The van der Waals surface area contributed by atoms with Gasteiger partial charge in [0, 0.05) is 5.56 Å². The van der Waals surface area contributed by atoms with Gasteiger partial charge in [-0.15, -0.1) is 0 Å². The van der Waals surface area contributed by atoms with Gasteiger partial charge in [-0.05, 0) is 37.5 Å². The third kappa shape index (κ3) is 3.36. The molecule has 7 heteroatoms. The molecule has 3 N–H and O–H groups in total. The molecule has 1 aromatic rings. The number of carboxylic acids is 1. The smallest absolute Gasteiger partial charge is 0.329 e. The van der Waals surface area contributed by atoms with E-state index in [1.165, 1.54) is 7.11 Å². The minimum atomic E-state index is -1.17. The number of hydrogen-bond donors (Lipinski definition) is 3. The van der Waals surface area contributed by atoms with Crippen molar-refractivity contribution in [2.75, 3.05) is 13.7 Å². The zero-order valence-corrected chi connectivity index (χ0v) is 12.2. The lowest BCUT2D eigenvalue weighted by molar-refractivity contribution is -0.151. The number of rotatable bonds is 6. The maximum absolute atomic E-state index is 11.9. The van der Waals surface area contributed by atoms with Crippen LogP contribution in [0, 0.1) is 0 Å². The molecule has 0 saturated heterocycles. The van der Waals surface area contributed by atoms with Crippen LogP contribution >= 0.6 is 0 Å². The summed E-state index contributed by atoms with van der Waals surface area (Å²) in [4.78, 5) is 34.9. The van der Waals surface area contributed by atoms with Gasteiger partial charge in [0.1, 0.15) is 11.3 Å². The van der Waals surface area contributed by atoms with Crippen molar-refractivity contribution in [3.8, 4) is 5.75 Å². The molecule has 0 bridgehead atoms. The monoisotopic (exact) mass is 306 g/mol. The van der Waals surface area contributed by atoms with Crippen molar-refractivity contribution in [3.63, 3.8) is 0 Å². The second kappa shape index (κ2) is 6.46. The Morgan fingerprint density at radius 1 is 1.32 bits per heavy atom. The molecule has 1 aliphatic carbocycles. The standard InChI is InChI=1S/C15H18N2O5/c1-22-11-5-2-4-10(8-11)13(19)16-9-12(18)17-15(14(20)21)6-3-7-15/h2,4-5,8H,3,6-7,9H2,1H3,(H,16,19)(H,17,18)(H,20,21). The van der Waals surface area contributed by atoms with Crippen LogP contribution < -0.4 is 15.4 Å². The van der Waals surface area contributed by atoms with Crippen LogP contribution in [0.3, 0.4) is 0 Å². The van der Waals surface area contributed by atoms with Crippen molar-refractivity contribution in [1.82, 2.24) is 10.6 Å². The number of ether oxygens (including phenoxy) is 1. The minimum Gasteiger partial charge on any atom is -0.497 e. The number of amides is 2. The zero-order chi connectivity index (χ0) is 16.2. The van der Waals surface area contributed by atoms with E-state index in [0.29, 0.717) is 24.2 Å². The van der Waals surface area contributed by atoms with E-state index in [1.807, 2.05) is 0 Å². The van der Waals surface area contributed by atoms with Gasteiger partial charge < -0.3 is 20.5 Å². The molecule has 7 nitrogen and oxygen atoms in total. The number of carbonyl (C=O) groups is 3. The van der Waals surface area contributed by atoms with Crippen LogP contribution in [0.1, 0.15) is 29.6 Å². The summed E-state index contributed by atoms with van der Waals surface area (Å²) in [5.41, 5.74) is -0.804. The Kier molecular flexibility index (Phi) is 4.65. The molecule has 1 aliphatic rings. The minimum absolute atomic E-state index is 0.273. The van der Waals surface area contributed by atoms with E-state index in [9.17, 15) is 14.4 Å². The SMILES string of the molecule is COc1cccc(C(=O)NCC(=O)NC2(C(=O)O)CCC2)c1. The quantitative estimate of drug-likeness (QED) is 0.712. The summed E-state index contributed by atoms with van der Waals surface area (Å²) in [6, 6.07) is 6.52. The first kappa shape index (κ1) is 15.8. The average Bonchev–Trinajstić information content (AvgIpc) is 2.48. The molecule has 1 aromatic carbocycles. The Bertz CT molecular complexity index is 595. The lowest BCUT2D eigenvalue weighted by Crippen LogP contribution is -2.60. The zero-order valence-electron chi connectivity index (χ0n) is 12.2. The second-order valence-corrected chi connectivity index (χ2v) is 5.20. The molecule has 0 aliphatic heterocycles. The Morgan fingerprint density at radius 3 is 2.59 bits per heavy atom. The normalized spacial score (nSPS) is 15.3. The van der Waals surface area contributed by atoms with Crippen LogP contribution in [-0.2, 0) is 9.59 Å². The first-order valence-corrected chi connectivity index (χ1v) is 6.93. The number of carbonyl (C=O) groups excluding carboxylic acids is 2. The maximum Gasteiger partial charge on any atom is 0.329 e. The summed E-state index contributed by atoms with van der Waals surface area (Å²) in [6.07, 6.45) is 1.60. The topological polar surface area (TPSA) is 105 Å². The highest BCUT2D eigenvalue weighted by Gasteiger charge is 2.45. The van der Waals surface area contributed by atoms with Crippen LogP contribution in [0.5, 0.6) is 5.75 Å².